The molecule has 1 saturated carbocycles. The number of nitrogens with one attached hydrogen (secondary N) is 2. The van der Waals surface area contributed by atoms with E-state index in [1.807, 2.05) is 34.6 Å². The van der Waals surface area contributed by atoms with Crippen LogP contribution < -0.4 is 10.6 Å². The van der Waals surface area contributed by atoms with Crippen LogP contribution in [0.15, 0.2) is 24.3 Å². The fourth-order valence-electron chi connectivity index (χ4n) is 5.13. The topological polar surface area (TPSA) is 61.4 Å². The van der Waals surface area contributed by atoms with Crippen molar-refractivity contribution in [1.29, 1.82) is 0 Å². The zero-order valence-electron chi connectivity index (χ0n) is 20.8. The Balaban J connectivity index is 1.61. The molecule has 2 amide bonds. The minimum atomic E-state index is -4.35. The Kier molecular flexibility index (Phi) is 8.00. The molecule has 2 aliphatic rings. The molecule has 2 fully saturated rings. The lowest BCUT2D eigenvalue weighted by atomic mass is 9.93. The molecule has 1 aromatic rings. The van der Waals surface area contributed by atoms with Gasteiger partial charge >= 0.3 is 6.18 Å². The average molecular weight is 482 g/mol. The SMILES string of the molecule is CC(C)CC(NC(=O)C(C)(C)C)C(=O)NC1CC[C@H]2CN(Cc3cccc(C(F)(F)F)c3)CC12. The summed E-state index contributed by atoms with van der Waals surface area (Å²) in [7, 11) is 0. The van der Waals surface area contributed by atoms with Gasteiger partial charge in [-0.3, -0.25) is 14.5 Å². The average Bonchev–Trinajstić information content (AvgIpc) is 3.27. The molecule has 4 atom stereocenters. The van der Waals surface area contributed by atoms with Crippen molar-refractivity contribution in [1.82, 2.24) is 15.5 Å². The smallest absolute Gasteiger partial charge is 0.351 e. The van der Waals surface area contributed by atoms with Crippen molar-refractivity contribution in [3.63, 3.8) is 0 Å². The number of fused-ring (bicyclic) bond motifs is 1. The standard InChI is InChI=1S/C26H38F3N3O2/c1-16(2)11-22(31-24(34)25(3,4)5)23(33)30-21-10-9-18-14-32(15-20(18)21)13-17-7-6-8-19(12-17)26(27,28)29/h6-8,12,16,18,20-22H,9-11,13-15H2,1-5H3,(H,30,33)(H,31,34)/t18-,20?,21?,22?/m0/s1. The van der Waals surface area contributed by atoms with Crippen LogP contribution in [0.4, 0.5) is 13.2 Å². The Morgan fingerprint density at radius 3 is 2.44 bits per heavy atom. The number of nitrogens with zero attached hydrogens (tertiary/aromatic N) is 1. The summed E-state index contributed by atoms with van der Waals surface area (Å²) >= 11 is 0. The van der Waals surface area contributed by atoms with Crippen LogP contribution in [0.1, 0.15) is 65.0 Å². The van der Waals surface area contributed by atoms with E-state index in [4.69, 9.17) is 0 Å². The zero-order chi connectivity index (χ0) is 25.3. The molecule has 3 unspecified atom stereocenters. The quantitative estimate of drug-likeness (QED) is 0.598. The first-order chi connectivity index (χ1) is 15.7. The first kappa shape index (κ1) is 26.5. The number of carbonyl (C=O) groups is 2. The highest BCUT2D eigenvalue weighted by atomic mass is 19.4. The van der Waals surface area contributed by atoms with Crippen molar-refractivity contribution in [2.45, 2.75) is 78.7 Å². The molecule has 1 aromatic carbocycles. The highest BCUT2D eigenvalue weighted by molar-refractivity contribution is 5.89. The number of hydrogen-bond acceptors (Lipinski definition) is 3. The summed E-state index contributed by atoms with van der Waals surface area (Å²) in [6.07, 6.45) is -1.91. The molecule has 0 bridgehead atoms. The Labute approximate surface area is 200 Å². The summed E-state index contributed by atoms with van der Waals surface area (Å²) in [5, 5.41) is 6.12. The third-order valence-electron chi connectivity index (χ3n) is 6.93. The van der Waals surface area contributed by atoms with E-state index >= 15 is 0 Å². The molecule has 5 nitrogen and oxygen atoms in total. The van der Waals surface area contributed by atoms with Crippen molar-refractivity contribution >= 4 is 11.8 Å². The number of carbonyl (C=O) groups excluding carboxylic acids is 2. The second-order valence-corrected chi connectivity index (χ2v) is 11.4. The highest BCUT2D eigenvalue weighted by Gasteiger charge is 2.44. The molecule has 2 N–H and O–H groups in total. The summed E-state index contributed by atoms with van der Waals surface area (Å²) in [6, 6.07) is 4.95. The number of halogens is 3. The molecule has 0 aromatic heterocycles. The first-order valence-electron chi connectivity index (χ1n) is 12.2. The van der Waals surface area contributed by atoms with Gasteiger partial charge in [0.05, 0.1) is 5.56 Å². The van der Waals surface area contributed by atoms with E-state index in [-0.39, 0.29) is 29.7 Å². The summed E-state index contributed by atoms with van der Waals surface area (Å²) in [6.45, 7) is 11.6. The van der Waals surface area contributed by atoms with Gasteiger partial charge in [0.1, 0.15) is 6.04 Å². The van der Waals surface area contributed by atoms with Gasteiger partial charge in [0.15, 0.2) is 0 Å². The van der Waals surface area contributed by atoms with Crippen molar-refractivity contribution < 1.29 is 22.8 Å². The second kappa shape index (κ2) is 10.3. The van der Waals surface area contributed by atoms with E-state index in [1.165, 1.54) is 12.1 Å². The molecule has 3 rings (SSSR count). The number of amides is 2. The van der Waals surface area contributed by atoms with Gasteiger partial charge in [-0.1, -0.05) is 52.8 Å². The predicted molar refractivity (Wildman–Crippen MR) is 126 cm³/mol. The van der Waals surface area contributed by atoms with Crippen LogP contribution in [-0.2, 0) is 22.3 Å². The lowest BCUT2D eigenvalue weighted by Gasteiger charge is -2.28. The van der Waals surface area contributed by atoms with Gasteiger partial charge in [-0.05, 0) is 48.6 Å². The van der Waals surface area contributed by atoms with Crippen LogP contribution in [-0.4, -0.2) is 41.9 Å². The maximum Gasteiger partial charge on any atom is 0.416 e. The monoisotopic (exact) mass is 481 g/mol. The van der Waals surface area contributed by atoms with Crippen molar-refractivity contribution in [2.24, 2.45) is 23.2 Å². The van der Waals surface area contributed by atoms with Gasteiger partial charge < -0.3 is 10.6 Å². The number of benzene rings is 1. The Morgan fingerprint density at radius 2 is 1.82 bits per heavy atom. The van der Waals surface area contributed by atoms with E-state index in [0.717, 1.165) is 32.0 Å². The van der Waals surface area contributed by atoms with Crippen LogP contribution in [0.5, 0.6) is 0 Å². The van der Waals surface area contributed by atoms with E-state index in [0.29, 0.717) is 24.4 Å². The van der Waals surface area contributed by atoms with Crippen LogP contribution in [0, 0.1) is 23.2 Å². The normalized spacial score (nSPS) is 24.2. The Morgan fingerprint density at radius 1 is 1.12 bits per heavy atom. The maximum absolute atomic E-state index is 13.1. The van der Waals surface area contributed by atoms with Gasteiger partial charge in [0.2, 0.25) is 11.8 Å². The van der Waals surface area contributed by atoms with Gasteiger partial charge in [0.25, 0.3) is 0 Å². The summed E-state index contributed by atoms with van der Waals surface area (Å²) in [5.74, 6) is 0.650. The van der Waals surface area contributed by atoms with Crippen molar-refractivity contribution in [2.75, 3.05) is 13.1 Å². The molecule has 1 heterocycles. The highest BCUT2D eigenvalue weighted by Crippen LogP contribution is 2.39. The van der Waals surface area contributed by atoms with E-state index in [2.05, 4.69) is 15.5 Å². The van der Waals surface area contributed by atoms with Crippen LogP contribution in [0.3, 0.4) is 0 Å². The fourth-order valence-corrected chi connectivity index (χ4v) is 5.13. The number of hydrogen-bond donors (Lipinski definition) is 2. The minimum absolute atomic E-state index is 0.0187. The lowest BCUT2D eigenvalue weighted by molar-refractivity contribution is -0.137. The van der Waals surface area contributed by atoms with E-state index in [9.17, 15) is 22.8 Å². The van der Waals surface area contributed by atoms with Crippen LogP contribution in [0.2, 0.25) is 0 Å². The molecule has 0 spiro atoms. The third kappa shape index (κ3) is 6.74. The van der Waals surface area contributed by atoms with Gasteiger partial charge in [-0.15, -0.1) is 0 Å². The van der Waals surface area contributed by atoms with Crippen LogP contribution >= 0.6 is 0 Å². The fraction of sp³-hybridized carbons (Fsp3) is 0.692. The number of likely N-dealkylation sites (tertiary alicyclic amines) is 1. The molecular weight excluding hydrogens is 443 g/mol. The summed E-state index contributed by atoms with van der Waals surface area (Å²) < 4.78 is 39.2. The minimum Gasteiger partial charge on any atom is -0.351 e. The van der Waals surface area contributed by atoms with Crippen molar-refractivity contribution in [3.05, 3.63) is 35.4 Å². The largest absolute Gasteiger partial charge is 0.416 e. The molecule has 1 aliphatic carbocycles. The maximum atomic E-state index is 13.1. The van der Waals surface area contributed by atoms with Crippen molar-refractivity contribution in [3.8, 4) is 0 Å². The first-order valence-corrected chi connectivity index (χ1v) is 12.2. The van der Waals surface area contributed by atoms with E-state index in [1.54, 1.807) is 6.07 Å². The molecule has 190 valence electrons. The summed E-state index contributed by atoms with van der Waals surface area (Å²) in [5.41, 5.74) is -0.552. The van der Waals surface area contributed by atoms with Crippen LogP contribution in [0.25, 0.3) is 0 Å². The van der Waals surface area contributed by atoms with Gasteiger partial charge in [0, 0.05) is 31.1 Å². The molecule has 0 radical (unpaired) electrons. The van der Waals surface area contributed by atoms with Gasteiger partial charge in [-0.2, -0.15) is 13.2 Å². The molecule has 1 aliphatic heterocycles. The van der Waals surface area contributed by atoms with E-state index < -0.39 is 23.2 Å². The molecule has 1 saturated heterocycles. The third-order valence-corrected chi connectivity index (χ3v) is 6.93. The molecular formula is C26H38F3N3O2. The second-order valence-electron chi connectivity index (χ2n) is 11.4. The number of alkyl halides is 3. The van der Waals surface area contributed by atoms with Gasteiger partial charge in [-0.25, -0.2) is 0 Å². The zero-order valence-corrected chi connectivity index (χ0v) is 20.8. The predicted octanol–water partition coefficient (Wildman–Crippen LogP) is 4.61. The lowest BCUT2D eigenvalue weighted by Crippen LogP contribution is -2.53. The Hall–Kier alpha value is -2.09. The Bertz CT molecular complexity index is 879. The molecule has 8 heteroatoms. The molecule has 34 heavy (non-hydrogen) atoms. The summed E-state index contributed by atoms with van der Waals surface area (Å²) in [4.78, 5) is 27.8. The number of rotatable bonds is 7.